The van der Waals surface area contributed by atoms with Crippen molar-refractivity contribution < 1.29 is 9.72 Å². The molecule has 1 aromatic carbocycles. The number of aryl methyl sites for hydroxylation is 1. The van der Waals surface area contributed by atoms with Crippen LogP contribution >= 0.6 is 11.8 Å². The second-order valence-electron chi connectivity index (χ2n) is 7.67. The van der Waals surface area contributed by atoms with Crippen LogP contribution in [0.25, 0.3) is 0 Å². The normalized spacial score (nSPS) is 19.5. The van der Waals surface area contributed by atoms with E-state index in [1.807, 2.05) is 4.90 Å². The van der Waals surface area contributed by atoms with Crippen LogP contribution in [0.3, 0.4) is 0 Å². The molecule has 1 aromatic heterocycles. The van der Waals surface area contributed by atoms with Gasteiger partial charge < -0.3 is 9.47 Å². The third kappa shape index (κ3) is 4.01. The predicted octanol–water partition coefficient (Wildman–Crippen LogP) is 3.65. The Morgan fingerprint density at radius 1 is 1.21 bits per heavy atom. The standard InChI is InChI=1S/C20H25N5O3S/c1-29-17-9-8-14(12-16(17)25(27)28)20(26)23-10-5-6-15(13-23)19-22-21-18-7-3-2-4-11-24(18)19/h8-9,12,15H,2-7,10-11,13H2,1H3. The molecule has 2 aliphatic heterocycles. The van der Waals surface area contributed by atoms with Gasteiger partial charge in [0.1, 0.15) is 11.6 Å². The van der Waals surface area contributed by atoms with Crippen LogP contribution in [-0.4, -0.2) is 49.8 Å². The van der Waals surface area contributed by atoms with E-state index in [2.05, 4.69) is 14.8 Å². The minimum absolute atomic E-state index is 0.0142. The highest BCUT2D eigenvalue weighted by molar-refractivity contribution is 7.98. The number of carbonyl (C=O) groups excluding carboxylic acids is 1. The van der Waals surface area contributed by atoms with Crippen molar-refractivity contribution >= 4 is 23.4 Å². The van der Waals surface area contributed by atoms with E-state index >= 15 is 0 Å². The van der Waals surface area contributed by atoms with Gasteiger partial charge in [0.05, 0.1) is 9.82 Å². The first-order valence-electron chi connectivity index (χ1n) is 10.1. The summed E-state index contributed by atoms with van der Waals surface area (Å²) >= 11 is 1.31. The molecule has 0 aliphatic carbocycles. The second kappa shape index (κ2) is 8.52. The first-order valence-corrected chi connectivity index (χ1v) is 11.3. The van der Waals surface area contributed by atoms with E-state index in [-0.39, 0.29) is 17.5 Å². The molecule has 1 unspecified atom stereocenters. The monoisotopic (exact) mass is 415 g/mol. The number of carbonyl (C=O) groups is 1. The van der Waals surface area contributed by atoms with Crippen LogP contribution in [0.5, 0.6) is 0 Å². The molecule has 9 heteroatoms. The predicted molar refractivity (Wildman–Crippen MR) is 110 cm³/mol. The largest absolute Gasteiger partial charge is 0.338 e. The summed E-state index contributed by atoms with van der Waals surface area (Å²) in [5.41, 5.74) is 0.356. The number of hydrogen-bond acceptors (Lipinski definition) is 6. The summed E-state index contributed by atoms with van der Waals surface area (Å²) in [5.74, 6) is 2.06. The highest BCUT2D eigenvalue weighted by Gasteiger charge is 2.30. The fourth-order valence-electron chi connectivity index (χ4n) is 4.33. The van der Waals surface area contributed by atoms with Gasteiger partial charge in [0.25, 0.3) is 11.6 Å². The number of nitro benzene ring substituents is 1. The molecule has 0 bridgehead atoms. The lowest BCUT2D eigenvalue weighted by atomic mass is 9.96. The van der Waals surface area contributed by atoms with Gasteiger partial charge in [-0.05, 0) is 44.1 Å². The summed E-state index contributed by atoms with van der Waals surface area (Å²) in [5, 5.41) is 20.2. The maximum absolute atomic E-state index is 13.1. The molecule has 8 nitrogen and oxygen atoms in total. The average molecular weight is 416 g/mol. The van der Waals surface area contributed by atoms with E-state index in [0.29, 0.717) is 23.5 Å². The number of piperidine rings is 1. The summed E-state index contributed by atoms with van der Waals surface area (Å²) in [7, 11) is 0. The number of fused-ring (bicyclic) bond motifs is 1. The molecular weight excluding hydrogens is 390 g/mol. The summed E-state index contributed by atoms with van der Waals surface area (Å²) in [6, 6.07) is 4.75. The highest BCUT2D eigenvalue weighted by atomic mass is 32.2. The number of benzene rings is 1. The van der Waals surface area contributed by atoms with Gasteiger partial charge in [0.2, 0.25) is 0 Å². The van der Waals surface area contributed by atoms with Crippen molar-refractivity contribution in [1.82, 2.24) is 19.7 Å². The Hall–Kier alpha value is -2.42. The van der Waals surface area contributed by atoms with Crippen LogP contribution in [0.2, 0.25) is 0 Å². The Balaban J connectivity index is 1.55. The molecule has 1 fully saturated rings. The van der Waals surface area contributed by atoms with E-state index in [9.17, 15) is 14.9 Å². The number of rotatable bonds is 4. The van der Waals surface area contributed by atoms with Crippen molar-refractivity contribution in [3.05, 3.63) is 45.5 Å². The molecule has 1 atom stereocenters. The van der Waals surface area contributed by atoms with E-state index in [0.717, 1.165) is 50.3 Å². The Morgan fingerprint density at radius 3 is 2.86 bits per heavy atom. The van der Waals surface area contributed by atoms with Crippen LogP contribution in [0.15, 0.2) is 23.1 Å². The lowest BCUT2D eigenvalue weighted by molar-refractivity contribution is -0.387. The van der Waals surface area contributed by atoms with Gasteiger partial charge in [-0.25, -0.2) is 0 Å². The zero-order chi connectivity index (χ0) is 20.4. The smallest absolute Gasteiger partial charge is 0.283 e. The van der Waals surface area contributed by atoms with E-state index in [4.69, 9.17) is 0 Å². The fraction of sp³-hybridized carbons (Fsp3) is 0.550. The molecule has 0 saturated carbocycles. The number of amides is 1. The SMILES string of the molecule is CSc1ccc(C(=O)N2CCCC(c3nnc4n3CCCCC4)C2)cc1[N+](=O)[O-]. The summed E-state index contributed by atoms with van der Waals surface area (Å²) in [6.45, 7) is 2.19. The van der Waals surface area contributed by atoms with Gasteiger partial charge in [-0.1, -0.05) is 6.42 Å². The third-order valence-electron chi connectivity index (χ3n) is 5.83. The molecular formula is C20H25N5O3S. The number of hydrogen-bond donors (Lipinski definition) is 0. The van der Waals surface area contributed by atoms with Crippen molar-refractivity contribution in [3.63, 3.8) is 0 Å². The van der Waals surface area contributed by atoms with Gasteiger partial charge in [-0.15, -0.1) is 22.0 Å². The van der Waals surface area contributed by atoms with E-state index in [1.165, 1.54) is 24.2 Å². The first kappa shape index (κ1) is 19.9. The lowest BCUT2D eigenvalue weighted by Crippen LogP contribution is -2.39. The fourth-order valence-corrected chi connectivity index (χ4v) is 4.88. The van der Waals surface area contributed by atoms with Gasteiger partial charge in [-0.3, -0.25) is 14.9 Å². The topological polar surface area (TPSA) is 94.2 Å². The zero-order valence-corrected chi connectivity index (χ0v) is 17.4. The zero-order valence-electron chi connectivity index (χ0n) is 16.5. The Bertz CT molecular complexity index is 929. The van der Waals surface area contributed by atoms with Crippen LogP contribution in [0, 0.1) is 10.1 Å². The van der Waals surface area contributed by atoms with Crippen LogP contribution in [0.1, 0.15) is 60.0 Å². The first-order chi connectivity index (χ1) is 14.1. The third-order valence-corrected chi connectivity index (χ3v) is 6.62. The molecule has 29 heavy (non-hydrogen) atoms. The minimum atomic E-state index is -0.424. The van der Waals surface area contributed by atoms with Crippen molar-refractivity contribution in [1.29, 1.82) is 0 Å². The molecule has 1 amide bonds. The molecule has 3 heterocycles. The summed E-state index contributed by atoms with van der Waals surface area (Å²) in [6.07, 6.45) is 8.13. The number of aromatic nitrogens is 3. The molecule has 154 valence electrons. The lowest BCUT2D eigenvalue weighted by Gasteiger charge is -2.32. The Morgan fingerprint density at radius 2 is 2.07 bits per heavy atom. The van der Waals surface area contributed by atoms with Crippen molar-refractivity contribution in [2.24, 2.45) is 0 Å². The van der Waals surface area contributed by atoms with Crippen molar-refractivity contribution in [2.75, 3.05) is 19.3 Å². The molecule has 2 aliphatic rings. The van der Waals surface area contributed by atoms with Crippen LogP contribution < -0.4 is 0 Å². The van der Waals surface area contributed by atoms with Gasteiger partial charge in [0.15, 0.2) is 0 Å². The van der Waals surface area contributed by atoms with Gasteiger partial charge in [-0.2, -0.15) is 0 Å². The summed E-state index contributed by atoms with van der Waals surface area (Å²) in [4.78, 5) is 26.4. The van der Waals surface area contributed by atoms with Crippen molar-refractivity contribution in [2.45, 2.75) is 55.9 Å². The number of nitrogens with zero attached hydrogens (tertiary/aromatic N) is 5. The highest BCUT2D eigenvalue weighted by Crippen LogP contribution is 2.31. The van der Waals surface area contributed by atoms with Crippen LogP contribution in [0.4, 0.5) is 5.69 Å². The molecule has 2 aromatic rings. The Labute approximate surface area is 173 Å². The number of likely N-dealkylation sites (tertiary alicyclic amines) is 1. The van der Waals surface area contributed by atoms with E-state index < -0.39 is 4.92 Å². The quantitative estimate of drug-likeness (QED) is 0.430. The van der Waals surface area contributed by atoms with E-state index in [1.54, 1.807) is 18.4 Å². The molecule has 4 rings (SSSR count). The molecule has 0 radical (unpaired) electrons. The summed E-state index contributed by atoms with van der Waals surface area (Å²) < 4.78 is 2.25. The molecule has 0 N–H and O–H groups in total. The molecule has 1 saturated heterocycles. The van der Waals surface area contributed by atoms with Gasteiger partial charge >= 0.3 is 0 Å². The number of nitro groups is 1. The second-order valence-corrected chi connectivity index (χ2v) is 8.52. The number of thioether (sulfide) groups is 1. The maximum atomic E-state index is 13.1. The van der Waals surface area contributed by atoms with Gasteiger partial charge in [0, 0.05) is 43.6 Å². The minimum Gasteiger partial charge on any atom is -0.338 e. The van der Waals surface area contributed by atoms with Crippen molar-refractivity contribution in [3.8, 4) is 0 Å². The van der Waals surface area contributed by atoms with Crippen LogP contribution in [-0.2, 0) is 13.0 Å². The molecule has 0 spiro atoms. The average Bonchev–Trinajstić information content (AvgIpc) is 3.01. The maximum Gasteiger partial charge on any atom is 0.283 e. The Kier molecular flexibility index (Phi) is 5.84.